The first-order valence-corrected chi connectivity index (χ1v) is 14.3. The van der Waals surface area contributed by atoms with E-state index in [1.165, 1.54) is 0 Å². The summed E-state index contributed by atoms with van der Waals surface area (Å²) in [6.07, 6.45) is 0.360. The number of aromatic amines is 1. The number of aromatic nitrogens is 6. The third-order valence-corrected chi connectivity index (χ3v) is 7.44. The standard InChI is InChI=1S/C29H29ClN12O4/c30-23-15(5-10-20-22(23)24(32)38-29(33)37-20)13-35-17-7-3-14(4-8-17)26(43)36-21(28(45)46)2-1-11-34-27(44)18-9-6-16(31)12-19(18)25-39-41-42-40-25/h3-10,12,21,35H,1-2,11,13,31H2,(H,34,44)(H,36,43)(H,45,46)(H4,32,33,37,38)(H,39,40,41,42). The maximum atomic E-state index is 12.8. The smallest absolute Gasteiger partial charge is 0.326 e. The number of anilines is 4. The van der Waals surface area contributed by atoms with Crippen LogP contribution in [0.15, 0.2) is 54.6 Å². The van der Waals surface area contributed by atoms with Crippen LogP contribution in [0, 0.1) is 0 Å². The number of hydrogen-bond donors (Lipinski definition) is 8. The fourth-order valence-electron chi connectivity index (χ4n) is 4.68. The summed E-state index contributed by atoms with van der Waals surface area (Å²) in [5.74, 6) is -1.65. The third-order valence-electron chi connectivity index (χ3n) is 7.00. The summed E-state index contributed by atoms with van der Waals surface area (Å²) in [7, 11) is 0. The van der Waals surface area contributed by atoms with Gasteiger partial charge in [0.2, 0.25) is 5.95 Å². The number of nitrogen functional groups attached to an aromatic ring is 3. The van der Waals surface area contributed by atoms with Gasteiger partial charge in [-0.25, -0.2) is 14.9 Å². The van der Waals surface area contributed by atoms with E-state index in [0.717, 1.165) is 5.56 Å². The molecule has 0 aliphatic heterocycles. The first kappa shape index (κ1) is 31.4. The summed E-state index contributed by atoms with van der Waals surface area (Å²) in [5.41, 5.74) is 20.9. The average molecular weight is 645 g/mol. The van der Waals surface area contributed by atoms with Crippen LogP contribution >= 0.6 is 11.6 Å². The number of rotatable bonds is 12. The van der Waals surface area contributed by atoms with Gasteiger partial charge in [-0.1, -0.05) is 17.7 Å². The zero-order valence-electron chi connectivity index (χ0n) is 24.1. The van der Waals surface area contributed by atoms with Crippen molar-refractivity contribution < 1.29 is 19.5 Å². The largest absolute Gasteiger partial charge is 0.480 e. The van der Waals surface area contributed by atoms with Crippen molar-refractivity contribution in [2.24, 2.45) is 0 Å². The molecular weight excluding hydrogens is 616 g/mol. The van der Waals surface area contributed by atoms with E-state index in [1.54, 1.807) is 54.6 Å². The Morgan fingerprint density at radius 3 is 2.48 bits per heavy atom. The molecule has 2 aromatic heterocycles. The number of nitrogens with one attached hydrogen (secondary N) is 4. The molecule has 0 bridgehead atoms. The van der Waals surface area contributed by atoms with Crippen molar-refractivity contribution >= 4 is 63.4 Å². The SMILES string of the molecule is Nc1ccc(C(=O)NCCCC(NC(=O)c2ccc(NCc3ccc4nc(N)nc(N)c4c3Cl)cc2)C(=O)O)c(-c2nnn[nH]2)c1. The molecule has 0 aliphatic carbocycles. The normalized spacial score (nSPS) is 11.6. The van der Waals surface area contributed by atoms with Crippen molar-refractivity contribution in [3.63, 3.8) is 0 Å². The van der Waals surface area contributed by atoms with Crippen molar-refractivity contribution in [2.45, 2.75) is 25.4 Å². The Bertz CT molecular complexity index is 1900. The second-order valence-corrected chi connectivity index (χ2v) is 10.5. The molecule has 0 saturated heterocycles. The number of carbonyl (C=O) groups excluding carboxylic acids is 2. The van der Waals surface area contributed by atoms with Crippen LogP contribution in [-0.2, 0) is 11.3 Å². The number of amides is 2. The molecule has 236 valence electrons. The van der Waals surface area contributed by atoms with Gasteiger partial charge in [-0.15, -0.1) is 5.10 Å². The molecule has 2 heterocycles. The molecular formula is C29H29ClN12O4. The van der Waals surface area contributed by atoms with Gasteiger partial charge >= 0.3 is 5.97 Å². The number of aliphatic carboxylic acids is 1. The van der Waals surface area contributed by atoms with Crippen LogP contribution < -0.4 is 33.2 Å². The highest BCUT2D eigenvalue weighted by atomic mass is 35.5. The van der Waals surface area contributed by atoms with E-state index < -0.39 is 23.8 Å². The van der Waals surface area contributed by atoms with Crippen LogP contribution in [0.4, 0.5) is 23.1 Å². The summed E-state index contributed by atoms with van der Waals surface area (Å²) in [6.45, 7) is 0.505. The van der Waals surface area contributed by atoms with Gasteiger partial charge in [0.15, 0.2) is 5.82 Å². The quantitative estimate of drug-likeness (QED) is 0.0716. The lowest BCUT2D eigenvalue weighted by Crippen LogP contribution is -2.41. The van der Waals surface area contributed by atoms with E-state index in [4.69, 9.17) is 28.8 Å². The number of benzene rings is 3. The highest BCUT2D eigenvalue weighted by Crippen LogP contribution is 2.31. The molecule has 11 N–H and O–H groups in total. The Hall–Kier alpha value is -6.03. The van der Waals surface area contributed by atoms with Gasteiger partial charge in [0.05, 0.1) is 21.5 Å². The van der Waals surface area contributed by atoms with Crippen LogP contribution in [0.2, 0.25) is 5.02 Å². The molecule has 1 atom stereocenters. The molecule has 16 nitrogen and oxygen atoms in total. The average Bonchev–Trinajstić information content (AvgIpc) is 3.57. The Labute approximate surface area is 266 Å². The number of carboxylic acid groups (broad SMARTS) is 1. The van der Waals surface area contributed by atoms with Crippen LogP contribution in [0.3, 0.4) is 0 Å². The second kappa shape index (κ2) is 13.7. The number of nitrogens with two attached hydrogens (primary N) is 3. The van der Waals surface area contributed by atoms with Gasteiger partial charge in [-0.05, 0) is 77.4 Å². The zero-order valence-corrected chi connectivity index (χ0v) is 24.9. The number of carbonyl (C=O) groups is 3. The van der Waals surface area contributed by atoms with Gasteiger partial charge < -0.3 is 38.3 Å². The molecule has 0 saturated carbocycles. The predicted molar refractivity (Wildman–Crippen MR) is 172 cm³/mol. The molecule has 0 fully saturated rings. The maximum Gasteiger partial charge on any atom is 0.326 e. The molecule has 0 spiro atoms. The highest BCUT2D eigenvalue weighted by molar-refractivity contribution is 6.37. The minimum absolute atomic E-state index is 0.0572. The number of tetrazole rings is 1. The summed E-state index contributed by atoms with van der Waals surface area (Å²) in [4.78, 5) is 45.6. The van der Waals surface area contributed by atoms with Gasteiger partial charge in [0.1, 0.15) is 11.9 Å². The van der Waals surface area contributed by atoms with Gasteiger partial charge in [0.25, 0.3) is 11.8 Å². The topological polar surface area (TPSA) is 266 Å². The van der Waals surface area contributed by atoms with Crippen molar-refractivity contribution in [2.75, 3.05) is 29.1 Å². The summed E-state index contributed by atoms with van der Waals surface area (Å²) >= 11 is 6.55. The molecule has 1 unspecified atom stereocenters. The first-order chi connectivity index (χ1) is 22.1. The minimum Gasteiger partial charge on any atom is -0.480 e. The van der Waals surface area contributed by atoms with E-state index in [9.17, 15) is 19.5 Å². The minimum atomic E-state index is -1.20. The molecule has 17 heteroatoms. The predicted octanol–water partition coefficient (Wildman–Crippen LogP) is 2.22. The Morgan fingerprint density at radius 1 is 0.978 bits per heavy atom. The fraction of sp³-hybridized carbons (Fsp3) is 0.172. The van der Waals surface area contributed by atoms with E-state index in [1.807, 2.05) is 0 Å². The van der Waals surface area contributed by atoms with E-state index in [2.05, 4.69) is 46.5 Å². The van der Waals surface area contributed by atoms with E-state index in [0.29, 0.717) is 45.0 Å². The number of H-pyrrole nitrogens is 1. The Morgan fingerprint density at radius 2 is 1.76 bits per heavy atom. The fourth-order valence-corrected chi connectivity index (χ4v) is 5.00. The molecule has 0 radical (unpaired) electrons. The first-order valence-electron chi connectivity index (χ1n) is 13.9. The third kappa shape index (κ3) is 7.19. The lowest BCUT2D eigenvalue weighted by atomic mass is 10.0. The van der Waals surface area contributed by atoms with Crippen molar-refractivity contribution in [3.05, 3.63) is 76.3 Å². The second-order valence-electron chi connectivity index (χ2n) is 10.1. The van der Waals surface area contributed by atoms with Gasteiger partial charge in [-0.3, -0.25) is 9.59 Å². The van der Waals surface area contributed by atoms with E-state index in [-0.39, 0.29) is 42.5 Å². The van der Waals surface area contributed by atoms with Crippen molar-refractivity contribution in [1.29, 1.82) is 0 Å². The summed E-state index contributed by atoms with van der Waals surface area (Å²) in [6, 6.07) is 13.6. The molecule has 2 amide bonds. The van der Waals surface area contributed by atoms with Crippen molar-refractivity contribution in [1.82, 2.24) is 41.2 Å². The molecule has 5 aromatic rings. The lowest BCUT2D eigenvalue weighted by molar-refractivity contribution is -0.139. The van der Waals surface area contributed by atoms with Crippen LogP contribution in [0.5, 0.6) is 0 Å². The number of hydrogen-bond acceptors (Lipinski definition) is 12. The molecule has 3 aromatic carbocycles. The number of carboxylic acids is 1. The Kier molecular flexibility index (Phi) is 9.37. The van der Waals surface area contributed by atoms with Crippen molar-refractivity contribution in [3.8, 4) is 11.4 Å². The van der Waals surface area contributed by atoms with E-state index >= 15 is 0 Å². The summed E-state index contributed by atoms with van der Waals surface area (Å²) in [5, 5.41) is 32.6. The molecule has 5 rings (SSSR count). The number of halogens is 1. The summed E-state index contributed by atoms with van der Waals surface area (Å²) < 4.78 is 0. The van der Waals surface area contributed by atoms with Crippen LogP contribution in [0.25, 0.3) is 22.3 Å². The lowest BCUT2D eigenvalue weighted by Gasteiger charge is -2.15. The van der Waals surface area contributed by atoms with Crippen LogP contribution in [-0.4, -0.2) is 66.1 Å². The molecule has 0 aliphatic rings. The monoisotopic (exact) mass is 644 g/mol. The van der Waals surface area contributed by atoms with Gasteiger partial charge in [-0.2, -0.15) is 4.98 Å². The Balaban J connectivity index is 1.13. The number of nitrogens with zero attached hydrogens (tertiary/aromatic N) is 5. The van der Waals surface area contributed by atoms with Crippen LogP contribution in [0.1, 0.15) is 39.1 Å². The number of fused-ring (bicyclic) bond motifs is 1. The highest BCUT2D eigenvalue weighted by Gasteiger charge is 2.21. The van der Waals surface area contributed by atoms with Gasteiger partial charge in [0, 0.05) is 35.6 Å². The molecule has 46 heavy (non-hydrogen) atoms. The maximum absolute atomic E-state index is 12.8. The zero-order chi connectivity index (χ0) is 32.8.